The van der Waals surface area contributed by atoms with Crippen LogP contribution in [0.25, 0.3) is 0 Å². The number of hydrogen-bond acceptors (Lipinski definition) is 4. The minimum atomic E-state index is -0.496. The summed E-state index contributed by atoms with van der Waals surface area (Å²) in [5, 5.41) is 9.42. The third kappa shape index (κ3) is 5.21. The maximum Gasteiger partial charge on any atom is 0.410 e. The second kappa shape index (κ2) is 7.99. The summed E-state index contributed by atoms with van der Waals surface area (Å²) in [5.41, 5.74) is 0.753. The second-order valence-corrected chi connectivity index (χ2v) is 7.56. The van der Waals surface area contributed by atoms with Crippen LogP contribution in [0.2, 0.25) is 0 Å². The van der Waals surface area contributed by atoms with Gasteiger partial charge < -0.3 is 14.7 Å². The number of piperazine rings is 1. The van der Waals surface area contributed by atoms with Gasteiger partial charge in [-0.2, -0.15) is 0 Å². The summed E-state index contributed by atoms with van der Waals surface area (Å²) in [6.45, 7) is 10.0. The van der Waals surface area contributed by atoms with Gasteiger partial charge in [-0.05, 0) is 39.7 Å². The van der Waals surface area contributed by atoms with E-state index in [0.717, 1.165) is 13.1 Å². The van der Waals surface area contributed by atoms with E-state index in [1.54, 1.807) is 4.90 Å². The molecule has 1 amide bonds. The van der Waals surface area contributed by atoms with Gasteiger partial charge in [-0.15, -0.1) is 0 Å². The molecule has 1 fully saturated rings. The number of rotatable bonds is 4. The largest absolute Gasteiger partial charge is 0.444 e. The summed E-state index contributed by atoms with van der Waals surface area (Å²) >= 11 is 0. The maximum atomic E-state index is 12.5. The molecule has 1 aliphatic heterocycles. The first-order chi connectivity index (χ1) is 11.3. The fraction of sp³-hybridized carbons (Fsp3) is 0.632. The van der Waals surface area contributed by atoms with Gasteiger partial charge in [0, 0.05) is 38.3 Å². The molecule has 0 bridgehead atoms. The summed E-state index contributed by atoms with van der Waals surface area (Å²) in [6, 6.07) is 10.5. The third-order valence-corrected chi connectivity index (χ3v) is 4.27. The van der Waals surface area contributed by atoms with Gasteiger partial charge in [0.15, 0.2) is 0 Å². The van der Waals surface area contributed by atoms with E-state index < -0.39 is 5.60 Å². The van der Waals surface area contributed by atoms with Crippen molar-refractivity contribution >= 4 is 6.09 Å². The molecule has 1 aromatic rings. The van der Waals surface area contributed by atoms with Crippen molar-refractivity contribution in [1.29, 1.82) is 0 Å². The highest BCUT2D eigenvalue weighted by Crippen LogP contribution is 2.22. The van der Waals surface area contributed by atoms with E-state index in [9.17, 15) is 9.90 Å². The van der Waals surface area contributed by atoms with Crippen LogP contribution in [-0.2, 0) is 11.3 Å². The molecule has 0 aromatic heterocycles. The van der Waals surface area contributed by atoms with E-state index in [0.29, 0.717) is 13.0 Å². The van der Waals surface area contributed by atoms with Crippen LogP contribution >= 0.6 is 0 Å². The number of amides is 1. The zero-order valence-corrected chi connectivity index (χ0v) is 15.2. The fourth-order valence-corrected chi connectivity index (χ4v) is 3.12. The number of hydrogen-bond donors (Lipinski definition) is 1. The average Bonchev–Trinajstić information content (AvgIpc) is 2.49. The fourth-order valence-electron chi connectivity index (χ4n) is 3.12. The summed E-state index contributed by atoms with van der Waals surface area (Å²) in [4.78, 5) is 16.6. The van der Waals surface area contributed by atoms with Gasteiger partial charge in [-0.3, -0.25) is 4.90 Å². The Kier molecular flexibility index (Phi) is 6.24. The van der Waals surface area contributed by atoms with Crippen molar-refractivity contribution in [2.24, 2.45) is 0 Å². The lowest BCUT2D eigenvalue weighted by atomic mass is 10.0. The van der Waals surface area contributed by atoms with Gasteiger partial charge in [0.2, 0.25) is 0 Å². The molecule has 1 aromatic carbocycles. The summed E-state index contributed by atoms with van der Waals surface area (Å²) < 4.78 is 5.53. The van der Waals surface area contributed by atoms with Crippen molar-refractivity contribution in [2.45, 2.75) is 58.3 Å². The highest BCUT2D eigenvalue weighted by molar-refractivity contribution is 5.68. The van der Waals surface area contributed by atoms with Crippen LogP contribution in [0.4, 0.5) is 4.79 Å². The number of benzene rings is 1. The van der Waals surface area contributed by atoms with E-state index in [1.807, 2.05) is 39.0 Å². The summed E-state index contributed by atoms with van der Waals surface area (Å²) in [5.74, 6) is 0. The normalized spacial score (nSPS) is 22.5. The molecule has 1 saturated heterocycles. The molecule has 5 nitrogen and oxygen atoms in total. The summed E-state index contributed by atoms with van der Waals surface area (Å²) in [7, 11) is 0. The van der Waals surface area contributed by atoms with Crippen LogP contribution in [0.15, 0.2) is 30.3 Å². The van der Waals surface area contributed by atoms with Crippen LogP contribution in [0.5, 0.6) is 0 Å². The molecular weight excluding hydrogens is 304 g/mol. The van der Waals surface area contributed by atoms with E-state index >= 15 is 0 Å². The Morgan fingerprint density at radius 2 is 1.92 bits per heavy atom. The minimum absolute atomic E-state index is 0.0819. The lowest BCUT2D eigenvalue weighted by molar-refractivity contribution is -0.0181. The predicted octanol–water partition coefficient (Wildman–Crippen LogP) is 2.88. The summed E-state index contributed by atoms with van der Waals surface area (Å²) in [6.07, 6.45) is 0.385. The van der Waals surface area contributed by atoms with Gasteiger partial charge >= 0.3 is 6.09 Å². The average molecular weight is 334 g/mol. The van der Waals surface area contributed by atoms with E-state index in [4.69, 9.17) is 4.74 Å². The minimum Gasteiger partial charge on any atom is -0.444 e. The van der Waals surface area contributed by atoms with Crippen LogP contribution in [0.1, 0.15) is 39.7 Å². The Labute approximate surface area is 145 Å². The number of ether oxygens (including phenoxy) is 1. The zero-order chi connectivity index (χ0) is 17.7. The van der Waals surface area contributed by atoms with Crippen LogP contribution < -0.4 is 0 Å². The quantitative estimate of drug-likeness (QED) is 0.920. The predicted molar refractivity (Wildman–Crippen MR) is 94.7 cm³/mol. The van der Waals surface area contributed by atoms with Gasteiger partial charge in [-0.1, -0.05) is 30.3 Å². The maximum absolute atomic E-state index is 12.5. The molecule has 134 valence electrons. The Morgan fingerprint density at radius 3 is 2.50 bits per heavy atom. The van der Waals surface area contributed by atoms with Crippen molar-refractivity contribution in [1.82, 2.24) is 9.80 Å². The lowest BCUT2D eigenvalue weighted by Crippen LogP contribution is -2.59. The number of aliphatic hydroxyl groups is 1. The molecule has 1 aliphatic rings. The topological polar surface area (TPSA) is 53.0 Å². The molecule has 1 N–H and O–H groups in total. The highest BCUT2D eigenvalue weighted by Gasteiger charge is 2.35. The smallest absolute Gasteiger partial charge is 0.410 e. The van der Waals surface area contributed by atoms with E-state index in [2.05, 4.69) is 24.0 Å². The van der Waals surface area contributed by atoms with Gasteiger partial charge in [0.05, 0.1) is 0 Å². The van der Waals surface area contributed by atoms with Crippen molar-refractivity contribution in [2.75, 3.05) is 19.7 Å². The number of nitrogens with zero attached hydrogens (tertiary/aromatic N) is 2. The number of carbonyl (C=O) groups excluding carboxylic acids is 1. The van der Waals surface area contributed by atoms with Crippen molar-refractivity contribution in [3.63, 3.8) is 0 Å². The van der Waals surface area contributed by atoms with E-state index in [-0.39, 0.29) is 24.8 Å². The van der Waals surface area contributed by atoms with Crippen molar-refractivity contribution in [3.8, 4) is 0 Å². The standard InChI is InChI=1S/C19H30N2O3/c1-15-12-20(13-16-8-6-5-7-9-16)17(10-11-22)14-21(15)18(23)24-19(2,3)4/h5-9,15,17,22H,10-14H2,1-4H3/t15-,17-/m0/s1. The number of carbonyl (C=O) groups is 1. The number of aliphatic hydroxyl groups excluding tert-OH is 1. The Morgan fingerprint density at radius 1 is 1.25 bits per heavy atom. The third-order valence-electron chi connectivity index (χ3n) is 4.27. The molecule has 0 radical (unpaired) electrons. The highest BCUT2D eigenvalue weighted by atomic mass is 16.6. The van der Waals surface area contributed by atoms with Crippen LogP contribution in [-0.4, -0.2) is 58.4 Å². The zero-order valence-electron chi connectivity index (χ0n) is 15.2. The molecule has 2 atom stereocenters. The first-order valence-electron chi connectivity index (χ1n) is 8.68. The molecule has 0 saturated carbocycles. The van der Waals surface area contributed by atoms with Crippen LogP contribution in [0.3, 0.4) is 0 Å². The molecule has 0 unspecified atom stereocenters. The molecule has 0 aliphatic carbocycles. The van der Waals surface area contributed by atoms with E-state index in [1.165, 1.54) is 5.56 Å². The first kappa shape index (κ1) is 18.7. The van der Waals surface area contributed by atoms with Crippen molar-refractivity contribution in [3.05, 3.63) is 35.9 Å². The lowest BCUT2D eigenvalue weighted by Gasteiger charge is -2.45. The van der Waals surface area contributed by atoms with Gasteiger partial charge in [0.1, 0.15) is 5.60 Å². The molecule has 24 heavy (non-hydrogen) atoms. The second-order valence-electron chi connectivity index (χ2n) is 7.56. The molecule has 5 heteroatoms. The van der Waals surface area contributed by atoms with Crippen molar-refractivity contribution < 1.29 is 14.6 Å². The molecule has 2 rings (SSSR count). The van der Waals surface area contributed by atoms with Crippen LogP contribution in [0, 0.1) is 0 Å². The SMILES string of the molecule is C[C@H]1CN(Cc2ccccc2)[C@@H](CCO)CN1C(=O)OC(C)(C)C. The molecular formula is C19H30N2O3. The Hall–Kier alpha value is -1.59. The van der Waals surface area contributed by atoms with Gasteiger partial charge in [-0.25, -0.2) is 4.79 Å². The Balaban J connectivity index is 2.07. The molecule has 1 heterocycles. The monoisotopic (exact) mass is 334 g/mol. The van der Waals surface area contributed by atoms with Gasteiger partial charge in [0.25, 0.3) is 0 Å². The first-order valence-corrected chi connectivity index (χ1v) is 8.68. The molecule has 0 spiro atoms. The Bertz CT molecular complexity index is 527.